The first-order valence-electron chi connectivity index (χ1n) is 6.64. The van der Waals surface area contributed by atoms with E-state index in [4.69, 9.17) is 9.47 Å². The van der Waals surface area contributed by atoms with Crippen molar-refractivity contribution >= 4 is 5.97 Å². The molecule has 0 bridgehead atoms. The summed E-state index contributed by atoms with van der Waals surface area (Å²) in [6, 6.07) is 0. The van der Waals surface area contributed by atoms with Crippen LogP contribution in [0.1, 0.15) is 45.4 Å². The Bertz CT molecular complexity index is 279. The summed E-state index contributed by atoms with van der Waals surface area (Å²) < 4.78 is 10.9. The molecule has 2 rings (SSSR count). The minimum absolute atomic E-state index is 0.137. The van der Waals surface area contributed by atoms with Gasteiger partial charge in [-0.25, -0.2) is 0 Å². The number of aliphatic hydroxyl groups excluding tert-OH is 1. The van der Waals surface area contributed by atoms with Gasteiger partial charge in [-0.15, -0.1) is 0 Å². The molecule has 3 atom stereocenters. The highest BCUT2D eigenvalue weighted by atomic mass is 16.5. The van der Waals surface area contributed by atoms with E-state index in [0.29, 0.717) is 26.1 Å². The number of hydrogen-bond donors (Lipinski definition) is 1. The maximum atomic E-state index is 11.6. The lowest BCUT2D eigenvalue weighted by Gasteiger charge is -2.39. The first-order valence-corrected chi connectivity index (χ1v) is 6.64. The molecule has 0 aromatic heterocycles. The molecule has 0 aromatic carbocycles. The average molecular weight is 242 g/mol. The molecule has 1 spiro atoms. The zero-order valence-electron chi connectivity index (χ0n) is 10.5. The molecule has 1 unspecified atom stereocenters. The van der Waals surface area contributed by atoms with Crippen LogP contribution in [-0.2, 0) is 14.3 Å². The molecule has 4 nitrogen and oxygen atoms in total. The minimum atomic E-state index is -0.272. The lowest BCUT2D eigenvalue weighted by molar-refractivity contribution is -0.147. The van der Waals surface area contributed by atoms with Gasteiger partial charge in [-0.05, 0) is 32.6 Å². The van der Waals surface area contributed by atoms with Crippen molar-refractivity contribution in [1.82, 2.24) is 0 Å². The van der Waals surface area contributed by atoms with Gasteiger partial charge in [0.25, 0.3) is 0 Å². The predicted molar refractivity (Wildman–Crippen MR) is 62.5 cm³/mol. The van der Waals surface area contributed by atoms with E-state index < -0.39 is 0 Å². The summed E-state index contributed by atoms with van der Waals surface area (Å²) in [5.41, 5.74) is -0.259. The molecule has 0 aromatic rings. The highest BCUT2D eigenvalue weighted by molar-refractivity contribution is 5.69. The Labute approximate surface area is 102 Å². The summed E-state index contributed by atoms with van der Waals surface area (Å²) >= 11 is 0. The fourth-order valence-corrected chi connectivity index (χ4v) is 3.24. The lowest BCUT2D eigenvalue weighted by atomic mass is 9.73. The van der Waals surface area contributed by atoms with Crippen molar-refractivity contribution in [1.29, 1.82) is 0 Å². The average Bonchev–Trinajstić information content (AvgIpc) is 2.61. The van der Waals surface area contributed by atoms with Crippen LogP contribution in [-0.4, -0.2) is 36.0 Å². The Balaban J connectivity index is 1.98. The molecule has 0 radical (unpaired) electrons. The van der Waals surface area contributed by atoms with Crippen LogP contribution in [0.4, 0.5) is 0 Å². The summed E-state index contributed by atoms with van der Waals surface area (Å²) in [5, 5.41) is 9.79. The first kappa shape index (κ1) is 12.8. The minimum Gasteiger partial charge on any atom is -0.466 e. The third-order valence-electron chi connectivity index (χ3n) is 4.04. The summed E-state index contributed by atoms with van der Waals surface area (Å²) in [5.74, 6) is 0.0824. The zero-order valence-corrected chi connectivity index (χ0v) is 10.5. The molecule has 1 saturated carbocycles. The Morgan fingerprint density at radius 3 is 3.06 bits per heavy atom. The molecule has 1 aliphatic carbocycles. The van der Waals surface area contributed by atoms with Crippen molar-refractivity contribution in [3.63, 3.8) is 0 Å². The van der Waals surface area contributed by atoms with E-state index in [1.165, 1.54) is 0 Å². The highest BCUT2D eigenvalue weighted by Crippen LogP contribution is 2.45. The summed E-state index contributed by atoms with van der Waals surface area (Å²) in [4.78, 5) is 11.6. The second kappa shape index (κ2) is 5.36. The highest BCUT2D eigenvalue weighted by Gasteiger charge is 2.47. The van der Waals surface area contributed by atoms with E-state index in [1.807, 2.05) is 6.92 Å². The maximum absolute atomic E-state index is 11.6. The molecule has 2 fully saturated rings. The van der Waals surface area contributed by atoms with Crippen LogP contribution in [0, 0.1) is 5.92 Å². The van der Waals surface area contributed by atoms with Gasteiger partial charge in [-0.2, -0.15) is 0 Å². The number of rotatable bonds is 3. The van der Waals surface area contributed by atoms with Crippen molar-refractivity contribution in [3.05, 3.63) is 0 Å². The fraction of sp³-hybridized carbons (Fsp3) is 0.923. The number of carbonyl (C=O) groups is 1. The molecule has 1 heterocycles. The summed E-state index contributed by atoms with van der Waals surface area (Å²) in [6.45, 7) is 2.96. The van der Waals surface area contributed by atoms with Crippen molar-refractivity contribution in [2.24, 2.45) is 5.92 Å². The van der Waals surface area contributed by atoms with Crippen molar-refractivity contribution in [2.45, 2.75) is 57.2 Å². The molecule has 0 amide bonds. The Morgan fingerprint density at radius 1 is 1.53 bits per heavy atom. The van der Waals surface area contributed by atoms with Gasteiger partial charge in [0.1, 0.15) is 0 Å². The van der Waals surface area contributed by atoms with Crippen LogP contribution in [0.3, 0.4) is 0 Å². The van der Waals surface area contributed by atoms with Crippen LogP contribution in [0.2, 0.25) is 0 Å². The third kappa shape index (κ3) is 2.80. The normalized spacial score (nSPS) is 37.3. The monoisotopic (exact) mass is 242 g/mol. The Kier molecular flexibility index (Phi) is 4.05. The second-order valence-electron chi connectivity index (χ2n) is 5.16. The van der Waals surface area contributed by atoms with Crippen molar-refractivity contribution in [3.8, 4) is 0 Å². The SMILES string of the molecule is CCOC(=O)C[C@@H]1CCO[C@]12CCCC(O)C2. The van der Waals surface area contributed by atoms with Crippen molar-refractivity contribution in [2.75, 3.05) is 13.2 Å². The molecule has 4 heteroatoms. The number of hydrogen-bond acceptors (Lipinski definition) is 4. The Morgan fingerprint density at radius 2 is 2.35 bits per heavy atom. The van der Waals surface area contributed by atoms with E-state index in [9.17, 15) is 9.90 Å². The fourth-order valence-electron chi connectivity index (χ4n) is 3.24. The van der Waals surface area contributed by atoms with Gasteiger partial charge >= 0.3 is 5.97 Å². The van der Waals surface area contributed by atoms with Crippen LogP contribution in [0.25, 0.3) is 0 Å². The standard InChI is InChI=1S/C13H22O4/c1-2-16-12(15)8-10-5-7-17-13(10)6-3-4-11(14)9-13/h10-11,14H,2-9H2,1H3/t10-,11?,13-/m0/s1. The van der Waals surface area contributed by atoms with Crippen LogP contribution >= 0.6 is 0 Å². The van der Waals surface area contributed by atoms with Gasteiger partial charge in [0.2, 0.25) is 0 Å². The predicted octanol–water partition coefficient (Wildman–Crippen LogP) is 1.65. The van der Waals surface area contributed by atoms with E-state index in [2.05, 4.69) is 0 Å². The van der Waals surface area contributed by atoms with Gasteiger partial charge in [0.05, 0.1) is 24.7 Å². The molecule has 2 aliphatic rings. The molecule has 1 saturated heterocycles. The molecular formula is C13H22O4. The zero-order chi connectivity index (χ0) is 12.3. The number of ether oxygens (including phenoxy) is 2. The second-order valence-corrected chi connectivity index (χ2v) is 5.16. The largest absolute Gasteiger partial charge is 0.466 e. The van der Waals surface area contributed by atoms with Crippen LogP contribution in [0.15, 0.2) is 0 Å². The van der Waals surface area contributed by atoms with Gasteiger partial charge in [-0.1, -0.05) is 0 Å². The number of aliphatic hydroxyl groups is 1. The first-order chi connectivity index (χ1) is 8.16. The van der Waals surface area contributed by atoms with E-state index in [-0.39, 0.29) is 23.6 Å². The molecule has 1 N–H and O–H groups in total. The molecule has 98 valence electrons. The van der Waals surface area contributed by atoms with Crippen molar-refractivity contribution < 1.29 is 19.4 Å². The summed E-state index contributed by atoms with van der Waals surface area (Å²) in [7, 11) is 0. The quantitative estimate of drug-likeness (QED) is 0.765. The third-order valence-corrected chi connectivity index (χ3v) is 4.04. The van der Waals surface area contributed by atoms with Crippen LogP contribution in [0.5, 0.6) is 0 Å². The smallest absolute Gasteiger partial charge is 0.306 e. The van der Waals surface area contributed by atoms with Gasteiger partial charge in [0.15, 0.2) is 0 Å². The van der Waals surface area contributed by atoms with Crippen LogP contribution < -0.4 is 0 Å². The van der Waals surface area contributed by atoms with Gasteiger partial charge in [0, 0.05) is 18.9 Å². The maximum Gasteiger partial charge on any atom is 0.306 e. The lowest BCUT2D eigenvalue weighted by Crippen LogP contribution is -2.43. The van der Waals surface area contributed by atoms with Gasteiger partial charge in [-0.3, -0.25) is 4.79 Å². The topological polar surface area (TPSA) is 55.8 Å². The van der Waals surface area contributed by atoms with Gasteiger partial charge < -0.3 is 14.6 Å². The van der Waals surface area contributed by atoms with E-state index >= 15 is 0 Å². The van der Waals surface area contributed by atoms with E-state index in [1.54, 1.807) is 0 Å². The molecular weight excluding hydrogens is 220 g/mol. The molecule has 17 heavy (non-hydrogen) atoms. The number of carbonyl (C=O) groups excluding carboxylic acids is 1. The Hall–Kier alpha value is -0.610. The number of esters is 1. The summed E-state index contributed by atoms with van der Waals surface area (Å²) in [6.07, 6.45) is 4.56. The molecule has 1 aliphatic heterocycles. The van der Waals surface area contributed by atoms with E-state index in [0.717, 1.165) is 25.7 Å².